The van der Waals surface area contributed by atoms with Crippen molar-refractivity contribution < 1.29 is 14.4 Å². The van der Waals surface area contributed by atoms with Gasteiger partial charge in [0, 0.05) is 41.6 Å². The van der Waals surface area contributed by atoms with E-state index in [0.29, 0.717) is 12.1 Å². The standard InChI is InChI=1S/C26H36N4O3/c1-18(2)19-8-10-20(11-9-19)29-14-12-21(13-15-29)30-24-7-5-4-6-22(24)23(16-28-32-3)25(30)17-33-26(27)31/h4-7,16,20-21H,8-15,17H2,1-3H3,(H2,27,31). The molecule has 1 saturated carbocycles. The third kappa shape index (κ3) is 5.08. The van der Waals surface area contributed by atoms with E-state index in [0.717, 1.165) is 48.1 Å². The molecule has 4 rings (SSSR count). The second-order valence-corrected chi connectivity index (χ2v) is 9.37. The Kier molecular flexibility index (Phi) is 7.38. The molecule has 0 unspecified atom stereocenters. The first kappa shape index (κ1) is 23.4. The summed E-state index contributed by atoms with van der Waals surface area (Å²) in [5.41, 5.74) is 11.4. The highest BCUT2D eigenvalue weighted by atomic mass is 16.6. The molecule has 1 amide bonds. The third-order valence-electron chi connectivity index (χ3n) is 7.34. The molecule has 2 aromatic rings. The normalized spacial score (nSPS) is 20.5. The largest absolute Gasteiger partial charge is 0.443 e. The number of carbonyl (C=O) groups excluding carboxylic acids is 1. The van der Waals surface area contributed by atoms with Crippen LogP contribution in [0.3, 0.4) is 0 Å². The van der Waals surface area contributed by atoms with E-state index in [-0.39, 0.29) is 6.61 Å². The van der Waals surface area contributed by atoms with Gasteiger partial charge in [-0.1, -0.05) is 34.5 Å². The number of hydrogen-bond donors (Lipinski definition) is 1. The Hall–Kier alpha value is -2.80. The van der Waals surface area contributed by atoms with Crippen molar-refractivity contribution in [2.24, 2.45) is 10.9 Å². The number of ether oxygens (including phenoxy) is 1. The molecule has 2 aliphatic rings. The smallest absolute Gasteiger partial charge is 0.404 e. The number of piperidine rings is 1. The molecule has 7 heteroatoms. The maximum absolute atomic E-state index is 11.4. The Balaban J connectivity index is 1.57. The van der Waals surface area contributed by atoms with Gasteiger partial charge in [-0.25, -0.2) is 4.79 Å². The van der Waals surface area contributed by atoms with E-state index in [9.17, 15) is 4.79 Å². The predicted molar refractivity (Wildman–Crippen MR) is 131 cm³/mol. The summed E-state index contributed by atoms with van der Waals surface area (Å²) in [6.07, 6.45) is 8.09. The number of carbonyl (C=O) groups is 1. The van der Waals surface area contributed by atoms with E-state index < -0.39 is 6.09 Å². The summed E-state index contributed by atoms with van der Waals surface area (Å²) < 4.78 is 7.60. The fourth-order valence-corrected chi connectivity index (χ4v) is 5.62. The Labute approximate surface area is 196 Å². The zero-order valence-corrected chi connectivity index (χ0v) is 20.0. The van der Waals surface area contributed by atoms with Gasteiger partial charge in [-0.2, -0.15) is 0 Å². The summed E-state index contributed by atoms with van der Waals surface area (Å²) in [5, 5.41) is 5.08. The number of rotatable bonds is 6. The van der Waals surface area contributed by atoms with E-state index in [1.54, 1.807) is 11.8 Å². The first-order valence-corrected chi connectivity index (χ1v) is 12.0. The average molecular weight is 453 g/mol. The predicted octanol–water partition coefficient (Wildman–Crippen LogP) is 5.13. The number of hydrogen-bond acceptors (Lipinski definition) is 5. The fourth-order valence-electron chi connectivity index (χ4n) is 5.62. The second-order valence-electron chi connectivity index (χ2n) is 9.37. The molecular weight excluding hydrogens is 416 g/mol. The lowest BCUT2D eigenvalue weighted by Gasteiger charge is -2.40. The van der Waals surface area contributed by atoms with Crippen LogP contribution in [0.5, 0.6) is 0 Å². The van der Waals surface area contributed by atoms with Gasteiger partial charge in [-0.15, -0.1) is 0 Å². The van der Waals surface area contributed by atoms with Crippen molar-refractivity contribution in [1.29, 1.82) is 0 Å². The summed E-state index contributed by atoms with van der Waals surface area (Å²) in [6, 6.07) is 9.29. The number of allylic oxidation sites excluding steroid dienone is 2. The number of benzene rings is 1. The first-order chi connectivity index (χ1) is 16.0. The molecule has 1 aliphatic carbocycles. The van der Waals surface area contributed by atoms with E-state index in [1.165, 1.54) is 38.4 Å². The molecule has 33 heavy (non-hydrogen) atoms. The lowest BCUT2D eigenvalue weighted by molar-refractivity contribution is 0.113. The number of amides is 1. The Morgan fingerprint density at radius 2 is 1.82 bits per heavy atom. The van der Waals surface area contributed by atoms with E-state index in [2.05, 4.69) is 40.6 Å². The molecule has 1 saturated heterocycles. The maximum Gasteiger partial charge on any atom is 0.404 e. The van der Waals surface area contributed by atoms with Gasteiger partial charge >= 0.3 is 6.09 Å². The number of primary amides is 1. The summed E-state index contributed by atoms with van der Waals surface area (Å²) in [6.45, 7) is 6.78. The fraction of sp³-hybridized carbons (Fsp3) is 0.538. The van der Waals surface area contributed by atoms with Gasteiger partial charge in [0.05, 0.1) is 11.9 Å². The molecular formula is C26H36N4O3. The number of nitrogens with two attached hydrogens (primary N) is 1. The summed E-state index contributed by atoms with van der Waals surface area (Å²) in [4.78, 5) is 19.0. The molecule has 0 spiro atoms. The van der Waals surface area contributed by atoms with Gasteiger partial charge in [-0.05, 0) is 58.4 Å². The van der Waals surface area contributed by atoms with Crippen molar-refractivity contribution in [3.05, 3.63) is 46.7 Å². The molecule has 178 valence electrons. The molecule has 1 aromatic heterocycles. The monoisotopic (exact) mass is 452 g/mol. The molecule has 2 N–H and O–H groups in total. The lowest BCUT2D eigenvalue weighted by atomic mass is 9.86. The number of para-hydroxylation sites is 1. The molecule has 2 heterocycles. The van der Waals surface area contributed by atoms with Gasteiger partial charge in [0.15, 0.2) is 0 Å². The maximum atomic E-state index is 11.4. The van der Waals surface area contributed by atoms with Gasteiger partial charge in [0.1, 0.15) is 13.7 Å². The van der Waals surface area contributed by atoms with Crippen molar-refractivity contribution in [2.45, 2.75) is 71.1 Å². The van der Waals surface area contributed by atoms with Crippen LogP contribution in [0.2, 0.25) is 0 Å². The van der Waals surface area contributed by atoms with Crippen LogP contribution in [0, 0.1) is 0 Å². The van der Waals surface area contributed by atoms with Crippen LogP contribution in [-0.4, -0.2) is 48.0 Å². The number of likely N-dealkylation sites (tertiary alicyclic amines) is 1. The minimum Gasteiger partial charge on any atom is -0.443 e. The SMILES string of the molecule is CON=Cc1c(COC(N)=O)n(C2CCN(C3CCC(=C(C)C)CC3)CC2)c2ccccc12. The number of oxime groups is 1. The number of fused-ring (bicyclic) bond motifs is 1. The lowest BCUT2D eigenvalue weighted by Crippen LogP contribution is -2.43. The van der Waals surface area contributed by atoms with E-state index >= 15 is 0 Å². The zero-order chi connectivity index (χ0) is 23.4. The van der Waals surface area contributed by atoms with Crippen LogP contribution < -0.4 is 5.73 Å². The quantitative estimate of drug-likeness (QED) is 0.374. The summed E-state index contributed by atoms with van der Waals surface area (Å²) in [7, 11) is 1.52. The Morgan fingerprint density at radius 3 is 2.45 bits per heavy atom. The summed E-state index contributed by atoms with van der Waals surface area (Å²) >= 11 is 0. The third-order valence-corrected chi connectivity index (χ3v) is 7.34. The van der Waals surface area contributed by atoms with Crippen LogP contribution in [0.1, 0.15) is 69.7 Å². The van der Waals surface area contributed by atoms with Crippen LogP contribution in [0.15, 0.2) is 40.6 Å². The van der Waals surface area contributed by atoms with Gasteiger partial charge in [-0.3, -0.25) is 0 Å². The van der Waals surface area contributed by atoms with Crippen molar-refractivity contribution in [3.8, 4) is 0 Å². The molecule has 0 bridgehead atoms. The molecule has 7 nitrogen and oxygen atoms in total. The highest BCUT2D eigenvalue weighted by molar-refractivity contribution is 6.01. The number of nitrogens with zero attached hydrogens (tertiary/aromatic N) is 3. The topological polar surface area (TPSA) is 82.1 Å². The first-order valence-electron chi connectivity index (χ1n) is 12.0. The van der Waals surface area contributed by atoms with Crippen molar-refractivity contribution in [1.82, 2.24) is 9.47 Å². The molecule has 1 aromatic carbocycles. The zero-order valence-electron chi connectivity index (χ0n) is 20.0. The van der Waals surface area contributed by atoms with E-state index in [1.807, 2.05) is 12.1 Å². The minimum atomic E-state index is -0.774. The van der Waals surface area contributed by atoms with Crippen LogP contribution >= 0.6 is 0 Å². The average Bonchev–Trinajstić information content (AvgIpc) is 3.14. The van der Waals surface area contributed by atoms with Crippen molar-refractivity contribution in [2.75, 3.05) is 20.2 Å². The minimum absolute atomic E-state index is 0.114. The van der Waals surface area contributed by atoms with Gasteiger partial charge in [0.2, 0.25) is 0 Å². The van der Waals surface area contributed by atoms with Gasteiger partial charge < -0.3 is 24.8 Å². The molecule has 1 aliphatic heterocycles. The van der Waals surface area contributed by atoms with Crippen molar-refractivity contribution in [3.63, 3.8) is 0 Å². The summed E-state index contributed by atoms with van der Waals surface area (Å²) in [5.74, 6) is 0. The second kappa shape index (κ2) is 10.4. The highest BCUT2D eigenvalue weighted by Gasteiger charge is 2.30. The van der Waals surface area contributed by atoms with Gasteiger partial charge in [0.25, 0.3) is 0 Å². The van der Waals surface area contributed by atoms with Crippen LogP contribution in [0.4, 0.5) is 4.79 Å². The molecule has 0 atom stereocenters. The van der Waals surface area contributed by atoms with Crippen molar-refractivity contribution >= 4 is 23.2 Å². The van der Waals surface area contributed by atoms with E-state index in [4.69, 9.17) is 15.3 Å². The molecule has 0 radical (unpaired) electrons. The highest BCUT2D eigenvalue weighted by Crippen LogP contribution is 2.36. The van der Waals surface area contributed by atoms with Crippen LogP contribution in [-0.2, 0) is 16.2 Å². The van der Waals surface area contributed by atoms with Crippen LogP contribution in [0.25, 0.3) is 10.9 Å². The molecule has 2 fully saturated rings. The number of aromatic nitrogens is 1. The Morgan fingerprint density at radius 1 is 1.12 bits per heavy atom. The Bertz CT molecular complexity index is 1030.